The molecule has 1 unspecified atom stereocenters. The molecule has 0 spiro atoms. The predicted molar refractivity (Wildman–Crippen MR) is 58.9 cm³/mol. The van der Waals surface area contributed by atoms with Gasteiger partial charge >= 0.3 is 0 Å². The average molecular weight is 258 g/mol. The van der Waals surface area contributed by atoms with E-state index in [1.54, 1.807) is 6.92 Å². The summed E-state index contributed by atoms with van der Waals surface area (Å²) in [4.78, 5) is 0. The molecule has 1 aliphatic heterocycles. The lowest BCUT2D eigenvalue weighted by molar-refractivity contribution is 0.180. The van der Waals surface area contributed by atoms with Crippen LogP contribution in [-0.4, -0.2) is 6.54 Å². The van der Waals surface area contributed by atoms with E-state index in [-0.39, 0.29) is 0 Å². The lowest BCUT2D eigenvalue weighted by Gasteiger charge is -2.20. The van der Waals surface area contributed by atoms with Gasteiger partial charge in [-0.3, -0.25) is 0 Å². The van der Waals surface area contributed by atoms with E-state index in [0.29, 0.717) is 6.42 Å². The van der Waals surface area contributed by atoms with Crippen molar-refractivity contribution < 1.29 is 4.39 Å². The Morgan fingerprint density at radius 2 is 2.29 bits per heavy atom. The van der Waals surface area contributed by atoms with Gasteiger partial charge in [0.2, 0.25) is 0 Å². The van der Waals surface area contributed by atoms with Gasteiger partial charge in [0.05, 0.1) is 0 Å². The number of hydrogen-bond acceptors (Lipinski definition) is 1. The Hall–Kier alpha value is -0.410. The van der Waals surface area contributed by atoms with Gasteiger partial charge in [0, 0.05) is 11.0 Å². The first-order valence-corrected chi connectivity index (χ1v) is 5.57. The third-order valence-electron chi connectivity index (χ3n) is 2.72. The summed E-state index contributed by atoms with van der Waals surface area (Å²) in [5, 5.41) is 3.23. The van der Waals surface area contributed by atoms with Crippen LogP contribution in [-0.2, 0) is 12.2 Å². The highest BCUT2D eigenvalue weighted by molar-refractivity contribution is 9.10. The fraction of sp³-hybridized carbons (Fsp3) is 0.455. The molecular formula is C11H13BrFN. The summed E-state index contributed by atoms with van der Waals surface area (Å²) in [5.41, 5.74) is 0.687. The number of fused-ring (bicyclic) bond motifs is 1. The molecule has 1 atom stereocenters. The van der Waals surface area contributed by atoms with Crippen molar-refractivity contribution in [2.75, 3.05) is 6.54 Å². The van der Waals surface area contributed by atoms with Crippen molar-refractivity contribution in [3.05, 3.63) is 33.8 Å². The summed E-state index contributed by atoms with van der Waals surface area (Å²) < 4.78 is 15.2. The molecular weight excluding hydrogens is 245 g/mol. The standard InChI is InChI=1S/C11H13BrFN/c1-11(13)4-5-14-7-8-6-9(12)2-3-10(8)11/h2-3,6,14H,4-5,7H2,1H3. The molecule has 0 aromatic heterocycles. The van der Waals surface area contributed by atoms with E-state index in [1.165, 1.54) is 0 Å². The summed E-state index contributed by atoms with van der Waals surface area (Å²) in [5.74, 6) is 0. The van der Waals surface area contributed by atoms with Crippen LogP contribution in [0.2, 0.25) is 0 Å². The van der Waals surface area contributed by atoms with E-state index in [9.17, 15) is 4.39 Å². The summed E-state index contributed by atoms with van der Waals surface area (Å²) >= 11 is 3.40. The van der Waals surface area contributed by atoms with Gasteiger partial charge in [-0.25, -0.2) is 4.39 Å². The first-order valence-electron chi connectivity index (χ1n) is 4.78. The second-order valence-electron chi connectivity index (χ2n) is 3.93. The van der Waals surface area contributed by atoms with E-state index in [1.807, 2.05) is 18.2 Å². The zero-order valence-corrected chi connectivity index (χ0v) is 9.70. The zero-order valence-electron chi connectivity index (χ0n) is 8.11. The maximum Gasteiger partial charge on any atom is 0.134 e. The van der Waals surface area contributed by atoms with E-state index in [2.05, 4.69) is 21.2 Å². The van der Waals surface area contributed by atoms with Crippen LogP contribution in [0.15, 0.2) is 22.7 Å². The third-order valence-corrected chi connectivity index (χ3v) is 3.21. The molecule has 1 nitrogen and oxygen atoms in total. The second-order valence-corrected chi connectivity index (χ2v) is 4.84. The molecule has 1 aliphatic rings. The summed E-state index contributed by atoms with van der Waals surface area (Å²) in [7, 11) is 0. The van der Waals surface area contributed by atoms with Gasteiger partial charge in [-0.05, 0) is 43.1 Å². The number of halogens is 2. The average Bonchev–Trinajstić information content (AvgIpc) is 2.25. The van der Waals surface area contributed by atoms with Crippen LogP contribution in [0.3, 0.4) is 0 Å². The number of benzene rings is 1. The quantitative estimate of drug-likeness (QED) is 0.753. The summed E-state index contributed by atoms with van der Waals surface area (Å²) in [6.45, 7) is 3.15. The van der Waals surface area contributed by atoms with Gasteiger partial charge in [0.15, 0.2) is 0 Å². The Balaban J connectivity index is 2.50. The molecule has 1 heterocycles. The van der Waals surface area contributed by atoms with Crippen molar-refractivity contribution in [3.63, 3.8) is 0 Å². The molecule has 0 radical (unpaired) electrons. The number of hydrogen-bond donors (Lipinski definition) is 1. The first kappa shape index (κ1) is 10.1. The van der Waals surface area contributed by atoms with Gasteiger partial charge in [-0.1, -0.05) is 22.0 Å². The van der Waals surface area contributed by atoms with Crippen molar-refractivity contribution >= 4 is 15.9 Å². The van der Waals surface area contributed by atoms with E-state index in [4.69, 9.17) is 0 Å². The van der Waals surface area contributed by atoms with Crippen molar-refractivity contribution in [1.82, 2.24) is 5.32 Å². The van der Waals surface area contributed by atoms with Crippen LogP contribution in [0, 0.1) is 0 Å². The molecule has 1 N–H and O–H groups in total. The molecule has 0 fully saturated rings. The lowest BCUT2D eigenvalue weighted by Crippen LogP contribution is -2.18. The molecule has 76 valence electrons. The molecule has 14 heavy (non-hydrogen) atoms. The Morgan fingerprint density at radius 3 is 3.07 bits per heavy atom. The molecule has 2 rings (SSSR count). The Kier molecular flexibility index (Phi) is 2.62. The monoisotopic (exact) mass is 257 g/mol. The minimum atomic E-state index is -1.19. The highest BCUT2D eigenvalue weighted by Gasteiger charge is 2.29. The van der Waals surface area contributed by atoms with E-state index < -0.39 is 5.67 Å². The Labute approximate surface area is 91.8 Å². The normalized spacial score (nSPS) is 26.8. The van der Waals surface area contributed by atoms with Gasteiger partial charge in [-0.2, -0.15) is 0 Å². The molecule has 1 aromatic carbocycles. The van der Waals surface area contributed by atoms with Crippen molar-refractivity contribution in [2.24, 2.45) is 0 Å². The van der Waals surface area contributed by atoms with Crippen LogP contribution in [0.5, 0.6) is 0 Å². The number of nitrogens with one attached hydrogen (secondary N) is 1. The van der Waals surface area contributed by atoms with Gasteiger partial charge < -0.3 is 5.32 Å². The second kappa shape index (κ2) is 3.63. The van der Waals surface area contributed by atoms with Crippen LogP contribution in [0.1, 0.15) is 24.5 Å². The van der Waals surface area contributed by atoms with Crippen molar-refractivity contribution in [3.8, 4) is 0 Å². The largest absolute Gasteiger partial charge is 0.313 e. The highest BCUT2D eigenvalue weighted by Crippen LogP contribution is 2.34. The zero-order chi connectivity index (χ0) is 10.2. The molecule has 0 bridgehead atoms. The number of alkyl halides is 1. The molecule has 1 aromatic rings. The smallest absolute Gasteiger partial charge is 0.134 e. The lowest BCUT2D eigenvalue weighted by atomic mass is 9.92. The summed E-state index contributed by atoms with van der Waals surface area (Å²) in [6, 6.07) is 5.78. The molecule has 0 saturated heterocycles. The Bertz CT molecular complexity index is 349. The van der Waals surface area contributed by atoms with Gasteiger partial charge in [0.1, 0.15) is 5.67 Å². The first-order chi connectivity index (χ1) is 6.59. The van der Waals surface area contributed by atoms with E-state index in [0.717, 1.165) is 28.7 Å². The highest BCUT2D eigenvalue weighted by atomic mass is 79.9. The predicted octanol–water partition coefficient (Wildman–Crippen LogP) is 3.13. The third kappa shape index (κ3) is 1.84. The molecule has 0 amide bonds. The Morgan fingerprint density at radius 1 is 1.50 bits per heavy atom. The summed E-state index contributed by atoms with van der Waals surface area (Å²) in [6.07, 6.45) is 0.543. The van der Waals surface area contributed by atoms with Crippen LogP contribution in [0.25, 0.3) is 0 Å². The molecule has 3 heteroatoms. The van der Waals surface area contributed by atoms with Gasteiger partial charge in [0.25, 0.3) is 0 Å². The maximum atomic E-state index is 14.2. The van der Waals surface area contributed by atoms with Crippen LogP contribution >= 0.6 is 15.9 Å². The van der Waals surface area contributed by atoms with Crippen LogP contribution < -0.4 is 5.32 Å². The van der Waals surface area contributed by atoms with Crippen molar-refractivity contribution in [2.45, 2.75) is 25.6 Å². The SMILES string of the molecule is CC1(F)CCNCc2cc(Br)ccc21. The van der Waals surface area contributed by atoms with E-state index >= 15 is 0 Å². The minimum absolute atomic E-state index is 0.543. The fourth-order valence-electron chi connectivity index (χ4n) is 1.90. The molecule has 0 aliphatic carbocycles. The van der Waals surface area contributed by atoms with Crippen molar-refractivity contribution in [1.29, 1.82) is 0 Å². The molecule has 0 saturated carbocycles. The topological polar surface area (TPSA) is 12.0 Å². The number of rotatable bonds is 0. The minimum Gasteiger partial charge on any atom is -0.313 e. The van der Waals surface area contributed by atoms with Gasteiger partial charge in [-0.15, -0.1) is 0 Å². The van der Waals surface area contributed by atoms with Crippen LogP contribution in [0.4, 0.5) is 4.39 Å². The fourth-order valence-corrected chi connectivity index (χ4v) is 2.31. The maximum absolute atomic E-state index is 14.2.